The molecule has 0 radical (unpaired) electrons. The molecule has 0 bridgehead atoms. The molecule has 4 nitrogen and oxygen atoms in total. The van der Waals surface area contributed by atoms with Gasteiger partial charge in [-0.25, -0.2) is 4.79 Å². The molecule has 1 aliphatic rings. The molecule has 0 aliphatic carbocycles. The number of carbonyl (C=O) groups excluding carboxylic acids is 2. The molecule has 6 heteroatoms. The highest BCUT2D eigenvalue weighted by atomic mass is 79.9. The standard InChI is InChI=1S/C16H14BrNO3S/c17-14-6-5-13(22-14)16(20)21-10-15(19)18-8-7-11-3-1-2-4-12(11)9-18/h1-6H,7-10H2. The van der Waals surface area contributed by atoms with Crippen LogP contribution in [0, 0.1) is 0 Å². The summed E-state index contributed by atoms with van der Waals surface area (Å²) in [4.78, 5) is 26.3. The number of benzene rings is 1. The summed E-state index contributed by atoms with van der Waals surface area (Å²) in [6, 6.07) is 11.6. The van der Waals surface area contributed by atoms with Crippen molar-refractivity contribution in [3.63, 3.8) is 0 Å². The number of amides is 1. The van der Waals surface area contributed by atoms with E-state index in [2.05, 4.69) is 22.0 Å². The number of carbonyl (C=O) groups is 2. The molecule has 0 saturated heterocycles. The average molecular weight is 380 g/mol. The van der Waals surface area contributed by atoms with Crippen molar-refractivity contribution < 1.29 is 14.3 Å². The van der Waals surface area contributed by atoms with Crippen LogP contribution in [0.2, 0.25) is 0 Å². The maximum Gasteiger partial charge on any atom is 0.348 e. The van der Waals surface area contributed by atoms with Gasteiger partial charge in [0, 0.05) is 13.1 Å². The summed E-state index contributed by atoms with van der Waals surface area (Å²) < 4.78 is 5.96. The second-order valence-corrected chi connectivity index (χ2v) is 7.48. The molecule has 0 N–H and O–H groups in total. The number of nitrogens with zero attached hydrogens (tertiary/aromatic N) is 1. The zero-order valence-corrected chi connectivity index (χ0v) is 14.2. The zero-order valence-electron chi connectivity index (χ0n) is 11.8. The molecule has 1 aliphatic heterocycles. The molecule has 0 spiro atoms. The summed E-state index contributed by atoms with van der Waals surface area (Å²) in [5.74, 6) is -0.611. The predicted octanol–water partition coefficient (Wildman–Crippen LogP) is 3.25. The molecule has 22 heavy (non-hydrogen) atoms. The quantitative estimate of drug-likeness (QED) is 0.768. The van der Waals surface area contributed by atoms with Crippen LogP contribution in [0.25, 0.3) is 0 Å². The van der Waals surface area contributed by atoms with Crippen molar-refractivity contribution in [2.75, 3.05) is 13.2 Å². The summed E-state index contributed by atoms with van der Waals surface area (Å²) >= 11 is 4.59. The summed E-state index contributed by atoms with van der Waals surface area (Å²) in [5, 5.41) is 0. The fourth-order valence-corrected chi connectivity index (χ4v) is 3.70. The van der Waals surface area contributed by atoms with Crippen molar-refractivity contribution in [1.82, 2.24) is 4.90 Å². The van der Waals surface area contributed by atoms with Gasteiger partial charge in [0.05, 0.1) is 3.79 Å². The number of ether oxygens (including phenoxy) is 1. The van der Waals surface area contributed by atoms with E-state index in [1.165, 1.54) is 16.9 Å². The molecule has 3 rings (SSSR count). The Balaban J connectivity index is 1.56. The molecule has 0 saturated carbocycles. The van der Waals surface area contributed by atoms with E-state index in [0.29, 0.717) is 18.0 Å². The van der Waals surface area contributed by atoms with E-state index in [1.807, 2.05) is 18.2 Å². The van der Waals surface area contributed by atoms with E-state index in [1.54, 1.807) is 17.0 Å². The third-order valence-corrected chi connectivity index (χ3v) is 5.19. The molecule has 0 atom stereocenters. The molecule has 0 fully saturated rings. The van der Waals surface area contributed by atoms with Crippen LogP contribution in [0.4, 0.5) is 0 Å². The van der Waals surface area contributed by atoms with Crippen LogP contribution in [0.3, 0.4) is 0 Å². The van der Waals surface area contributed by atoms with E-state index in [4.69, 9.17) is 4.74 Å². The van der Waals surface area contributed by atoms with Crippen LogP contribution in [0.15, 0.2) is 40.2 Å². The van der Waals surface area contributed by atoms with Gasteiger partial charge in [0.15, 0.2) is 6.61 Å². The van der Waals surface area contributed by atoms with E-state index < -0.39 is 5.97 Å². The lowest BCUT2D eigenvalue weighted by atomic mass is 10.00. The Morgan fingerprint density at radius 2 is 1.95 bits per heavy atom. The second kappa shape index (κ2) is 6.62. The molecular weight excluding hydrogens is 366 g/mol. The predicted molar refractivity (Wildman–Crippen MR) is 87.9 cm³/mol. The number of rotatable bonds is 3. The van der Waals surface area contributed by atoms with Gasteiger partial charge in [-0.3, -0.25) is 4.79 Å². The fraction of sp³-hybridized carbons (Fsp3) is 0.250. The lowest BCUT2D eigenvalue weighted by Crippen LogP contribution is -2.38. The zero-order chi connectivity index (χ0) is 15.5. The highest BCUT2D eigenvalue weighted by Gasteiger charge is 2.21. The molecule has 114 valence electrons. The van der Waals surface area contributed by atoms with Gasteiger partial charge in [-0.1, -0.05) is 24.3 Å². The van der Waals surface area contributed by atoms with E-state index in [-0.39, 0.29) is 12.5 Å². The van der Waals surface area contributed by atoms with Crippen molar-refractivity contribution in [3.8, 4) is 0 Å². The Hall–Kier alpha value is -1.66. The topological polar surface area (TPSA) is 46.6 Å². The second-order valence-electron chi connectivity index (χ2n) is 5.01. The van der Waals surface area contributed by atoms with Crippen molar-refractivity contribution in [2.45, 2.75) is 13.0 Å². The molecule has 1 aromatic carbocycles. The molecule has 2 aromatic rings. The summed E-state index contributed by atoms with van der Waals surface area (Å²) in [6.07, 6.45) is 0.841. The Morgan fingerprint density at radius 1 is 1.18 bits per heavy atom. The largest absolute Gasteiger partial charge is 0.451 e. The summed E-state index contributed by atoms with van der Waals surface area (Å²) in [5.41, 5.74) is 2.45. The lowest BCUT2D eigenvalue weighted by molar-refractivity contribution is -0.135. The third kappa shape index (κ3) is 3.39. The van der Waals surface area contributed by atoms with Gasteiger partial charge in [0.25, 0.3) is 5.91 Å². The Kier molecular flexibility index (Phi) is 4.59. The van der Waals surface area contributed by atoms with Gasteiger partial charge < -0.3 is 9.64 Å². The van der Waals surface area contributed by atoms with Gasteiger partial charge in [0.1, 0.15) is 4.88 Å². The van der Waals surface area contributed by atoms with Crippen LogP contribution in [0.5, 0.6) is 0 Å². The van der Waals surface area contributed by atoms with Gasteiger partial charge in [-0.05, 0) is 45.6 Å². The first kappa shape index (κ1) is 15.2. The number of hydrogen-bond acceptors (Lipinski definition) is 4. The summed E-state index contributed by atoms with van der Waals surface area (Å²) in [6.45, 7) is 1.03. The molecule has 1 aromatic heterocycles. The first-order valence-electron chi connectivity index (χ1n) is 6.90. The van der Waals surface area contributed by atoms with Crippen molar-refractivity contribution in [2.24, 2.45) is 0 Å². The first-order chi connectivity index (χ1) is 10.6. The minimum atomic E-state index is -0.457. The van der Waals surface area contributed by atoms with E-state index in [0.717, 1.165) is 15.8 Å². The Morgan fingerprint density at radius 3 is 2.68 bits per heavy atom. The van der Waals surface area contributed by atoms with Crippen molar-refractivity contribution in [1.29, 1.82) is 0 Å². The van der Waals surface area contributed by atoms with E-state index in [9.17, 15) is 9.59 Å². The van der Waals surface area contributed by atoms with Crippen LogP contribution in [0.1, 0.15) is 20.8 Å². The van der Waals surface area contributed by atoms with Crippen molar-refractivity contribution >= 4 is 39.1 Å². The van der Waals surface area contributed by atoms with Gasteiger partial charge in [-0.15, -0.1) is 11.3 Å². The van der Waals surface area contributed by atoms with Gasteiger partial charge in [0.2, 0.25) is 0 Å². The molecule has 0 unspecified atom stereocenters. The molecule has 2 heterocycles. The van der Waals surface area contributed by atoms with Crippen LogP contribution in [-0.4, -0.2) is 29.9 Å². The van der Waals surface area contributed by atoms with Crippen LogP contribution in [-0.2, 0) is 22.5 Å². The average Bonchev–Trinajstić information content (AvgIpc) is 2.98. The van der Waals surface area contributed by atoms with Gasteiger partial charge in [-0.2, -0.15) is 0 Å². The maximum absolute atomic E-state index is 12.2. The minimum Gasteiger partial charge on any atom is -0.451 e. The van der Waals surface area contributed by atoms with Crippen LogP contribution < -0.4 is 0 Å². The lowest BCUT2D eigenvalue weighted by Gasteiger charge is -2.28. The van der Waals surface area contributed by atoms with E-state index >= 15 is 0 Å². The fourth-order valence-electron chi connectivity index (χ4n) is 2.42. The number of thiophene rings is 1. The molecular formula is C16H14BrNO3S. The maximum atomic E-state index is 12.2. The number of fused-ring (bicyclic) bond motifs is 1. The number of halogens is 1. The number of esters is 1. The highest BCUT2D eigenvalue weighted by molar-refractivity contribution is 9.11. The smallest absolute Gasteiger partial charge is 0.348 e. The minimum absolute atomic E-state index is 0.154. The van der Waals surface area contributed by atoms with Gasteiger partial charge >= 0.3 is 5.97 Å². The monoisotopic (exact) mass is 379 g/mol. The Bertz CT molecular complexity index is 713. The summed E-state index contributed by atoms with van der Waals surface area (Å²) in [7, 11) is 0. The SMILES string of the molecule is O=C(OCC(=O)N1CCc2ccccc2C1)c1ccc(Br)s1. The molecule has 1 amide bonds. The third-order valence-electron chi connectivity index (χ3n) is 3.58. The highest BCUT2D eigenvalue weighted by Crippen LogP contribution is 2.23. The van der Waals surface area contributed by atoms with Crippen LogP contribution >= 0.6 is 27.3 Å². The normalized spacial score (nSPS) is 13.6. The Labute approximate surface area is 140 Å². The first-order valence-corrected chi connectivity index (χ1v) is 8.51. The number of hydrogen-bond donors (Lipinski definition) is 0. The van der Waals surface area contributed by atoms with Crippen molar-refractivity contribution in [3.05, 3.63) is 56.2 Å².